The summed E-state index contributed by atoms with van der Waals surface area (Å²) < 4.78 is 18.3. The summed E-state index contributed by atoms with van der Waals surface area (Å²) in [6, 6.07) is 17.9. The second-order valence-corrected chi connectivity index (χ2v) is 9.37. The van der Waals surface area contributed by atoms with Crippen LogP contribution in [0.1, 0.15) is 11.1 Å². The van der Waals surface area contributed by atoms with Gasteiger partial charge in [0.2, 0.25) is 6.79 Å². The Morgan fingerprint density at radius 3 is 2.67 bits per heavy atom. The van der Waals surface area contributed by atoms with E-state index in [9.17, 15) is 10.1 Å². The highest BCUT2D eigenvalue weighted by atomic mass is 127. The van der Waals surface area contributed by atoms with E-state index < -0.39 is 5.91 Å². The first kappa shape index (κ1) is 23.4. The molecule has 0 bridgehead atoms. The molecular formula is C24H15BrClIN2O4. The van der Waals surface area contributed by atoms with E-state index in [0.717, 1.165) is 14.9 Å². The zero-order valence-electron chi connectivity index (χ0n) is 16.9. The van der Waals surface area contributed by atoms with Gasteiger partial charge in [0.1, 0.15) is 24.0 Å². The molecule has 0 atom stereocenters. The normalized spacial score (nSPS) is 12.2. The summed E-state index contributed by atoms with van der Waals surface area (Å²) in [5.74, 6) is 1.58. The molecule has 1 aliphatic heterocycles. The highest BCUT2D eigenvalue weighted by Gasteiger charge is 2.15. The van der Waals surface area contributed by atoms with Crippen LogP contribution in [0.2, 0.25) is 5.02 Å². The lowest BCUT2D eigenvalue weighted by molar-refractivity contribution is -0.112. The van der Waals surface area contributed by atoms with Gasteiger partial charge in [-0.25, -0.2) is 0 Å². The Labute approximate surface area is 217 Å². The van der Waals surface area contributed by atoms with Crippen molar-refractivity contribution in [1.82, 2.24) is 0 Å². The molecule has 3 aromatic carbocycles. The van der Waals surface area contributed by atoms with E-state index >= 15 is 0 Å². The van der Waals surface area contributed by atoms with Gasteiger partial charge in [-0.05, 0) is 104 Å². The van der Waals surface area contributed by atoms with Crippen LogP contribution < -0.4 is 19.5 Å². The van der Waals surface area contributed by atoms with Gasteiger partial charge in [-0.15, -0.1) is 0 Å². The van der Waals surface area contributed by atoms with Gasteiger partial charge in [-0.3, -0.25) is 4.79 Å². The van der Waals surface area contributed by atoms with Crippen molar-refractivity contribution in [3.05, 3.63) is 84.4 Å². The van der Waals surface area contributed by atoms with Crippen molar-refractivity contribution < 1.29 is 19.0 Å². The third-order valence-corrected chi connectivity index (χ3v) is 6.26. The topological polar surface area (TPSA) is 80.6 Å². The summed E-state index contributed by atoms with van der Waals surface area (Å²) in [5, 5.41) is 12.7. The lowest BCUT2D eigenvalue weighted by atomic mass is 10.1. The third-order valence-electron chi connectivity index (χ3n) is 4.62. The van der Waals surface area contributed by atoms with E-state index in [1.807, 2.05) is 30.3 Å². The maximum absolute atomic E-state index is 12.5. The van der Waals surface area contributed by atoms with Gasteiger partial charge in [-0.2, -0.15) is 5.26 Å². The minimum atomic E-state index is -0.505. The molecule has 1 heterocycles. The van der Waals surface area contributed by atoms with Crippen LogP contribution in [0.15, 0.2) is 64.6 Å². The van der Waals surface area contributed by atoms with Crippen LogP contribution in [0.3, 0.4) is 0 Å². The van der Waals surface area contributed by atoms with Crippen molar-refractivity contribution in [2.75, 3.05) is 12.1 Å². The number of fused-ring (bicyclic) bond motifs is 1. The maximum Gasteiger partial charge on any atom is 0.266 e. The van der Waals surface area contributed by atoms with Crippen molar-refractivity contribution in [3.63, 3.8) is 0 Å². The fraction of sp³-hybridized carbons (Fsp3) is 0.0833. The van der Waals surface area contributed by atoms with Crippen molar-refractivity contribution in [2.24, 2.45) is 0 Å². The van der Waals surface area contributed by atoms with Gasteiger partial charge in [0.25, 0.3) is 5.91 Å². The molecule has 0 saturated carbocycles. The van der Waals surface area contributed by atoms with Crippen LogP contribution in [0, 0.1) is 14.9 Å². The molecule has 0 unspecified atom stereocenters. The number of hydrogen-bond acceptors (Lipinski definition) is 5. The average Bonchev–Trinajstić information content (AvgIpc) is 3.26. The van der Waals surface area contributed by atoms with Gasteiger partial charge in [0.15, 0.2) is 11.5 Å². The number of rotatable bonds is 6. The number of benzene rings is 3. The Bertz CT molecular complexity index is 1270. The number of nitriles is 1. The molecule has 0 aromatic heterocycles. The minimum Gasteiger partial charge on any atom is -0.487 e. The lowest BCUT2D eigenvalue weighted by Crippen LogP contribution is -2.13. The number of hydrogen-bond donors (Lipinski definition) is 1. The molecular weight excluding hydrogens is 623 g/mol. The van der Waals surface area contributed by atoms with Crippen LogP contribution in [0.25, 0.3) is 6.08 Å². The number of ether oxygens (including phenoxy) is 3. The number of anilines is 1. The molecule has 166 valence electrons. The summed E-state index contributed by atoms with van der Waals surface area (Å²) in [5.41, 5.74) is 2.15. The Morgan fingerprint density at radius 2 is 1.94 bits per heavy atom. The molecule has 0 spiro atoms. The number of amides is 1. The number of halogens is 3. The quantitative estimate of drug-likeness (QED) is 0.188. The predicted molar refractivity (Wildman–Crippen MR) is 137 cm³/mol. The maximum atomic E-state index is 12.5. The number of nitrogens with one attached hydrogen (secondary N) is 1. The summed E-state index contributed by atoms with van der Waals surface area (Å²) >= 11 is 11.6. The number of nitrogens with zero attached hydrogens (tertiary/aromatic N) is 1. The van der Waals surface area contributed by atoms with Crippen molar-refractivity contribution in [2.45, 2.75) is 6.61 Å². The van der Waals surface area contributed by atoms with Crippen molar-refractivity contribution in [3.8, 4) is 23.3 Å². The van der Waals surface area contributed by atoms with Gasteiger partial charge in [0.05, 0.1) is 8.04 Å². The Morgan fingerprint density at radius 1 is 1.18 bits per heavy atom. The molecule has 1 aliphatic rings. The fourth-order valence-electron chi connectivity index (χ4n) is 3.03. The highest BCUT2D eigenvalue weighted by Crippen LogP contribution is 2.35. The standard InChI is InChI=1S/C24H15BrClIN2O4/c25-19-8-15(7-16(11-28)24(30)29-18-4-2-17(26)3-5-18)9-20(27)23(19)31-12-14-1-6-21-22(10-14)33-13-32-21/h1-10H,12-13H2,(H,29,30)/b16-7-. The zero-order chi connectivity index (χ0) is 23.4. The van der Waals surface area contributed by atoms with E-state index in [0.29, 0.717) is 38.9 Å². The van der Waals surface area contributed by atoms with Gasteiger partial charge in [-0.1, -0.05) is 17.7 Å². The molecule has 0 saturated heterocycles. The SMILES string of the molecule is N#C/C(=C/c1cc(Br)c(OCc2ccc3c(c2)OCO3)c(I)c1)C(=O)Nc1ccc(Cl)cc1. The summed E-state index contributed by atoms with van der Waals surface area (Å²) in [6.45, 7) is 0.563. The smallest absolute Gasteiger partial charge is 0.266 e. The molecule has 4 rings (SSSR count). The molecule has 0 fully saturated rings. The largest absolute Gasteiger partial charge is 0.487 e. The van der Waals surface area contributed by atoms with Crippen molar-refractivity contribution >= 4 is 67.8 Å². The van der Waals surface area contributed by atoms with Crippen LogP contribution in [-0.2, 0) is 11.4 Å². The molecule has 0 radical (unpaired) electrons. The van der Waals surface area contributed by atoms with Gasteiger partial charge in [0, 0.05) is 10.7 Å². The minimum absolute atomic E-state index is 0.0262. The van der Waals surface area contributed by atoms with Gasteiger partial charge < -0.3 is 19.5 Å². The van der Waals surface area contributed by atoms with Crippen LogP contribution >= 0.6 is 50.1 Å². The second kappa shape index (κ2) is 10.5. The van der Waals surface area contributed by atoms with E-state index in [2.05, 4.69) is 43.8 Å². The Balaban J connectivity index is 1.48. The number of carbonyl (C=O) groups is 1. The first-order valence-electron chi connectivity index (χ1n) is 9.62. The van der Waals surface area contributed by atoms with Gasteiger partial charge >= 0.3 is 0 Å². The summed E-state index contributed by atoms with van der Waals surface area (Å²) in [7, 11) is 0. The molecule has 1 amide bonds. The molecule has 6 nitrogen and oxygen atoms in total. The van der Waals surface area contributed by atoms with E-state index in [1.54, 1.807) is 30.3 Å². The summed E-state index contributed by atoms with van der Waals surface area (Å²) in [6.07, 6.45) is 1.53. The highest BCUT2D eigenvalue weighted by molar-refractivity contribution is 14.1. The first-order chi connectivity index (χ1) is 15.9. The molecule has 1 N–H and O–H groups in total. The molecule has 0 aliphatic carbocycles. The predicted octanol–water partition coefficient (Wildman–Crippen LogP) is 6.56. The van der Waals surface area contributed by atoms with E-state index in [1.165, 1.54) is 6.08 Å². The van der Waals surface area contributed by atoms with E-state index in [-0.39, 0.29) is 12.4 Å². The second-order valence-electron chi connectivity index (χ2n) is 6.92. The number of carbonyl (C=O) groups excluding carboxylic acids is 1. The zero-order valence-corrected chi connectivity index (χ0v) is 21.4. The lowest BCUT2D eigenvalue weighted by Gasteiger charge is -2.12. The van der Waals surface area contributed by atoms with Crippen LogP contribution in [0.5, 0.6) is 17.2 Å². The van der Waals surface area contributed by atoms with Crippen molar-refractivity contribution in [1.29, 1.82) is 5.26 Å². The molecule has 9 heteroatoms. The van der Waals surface area contributed by atoms with E-state index in [4.69, 9.17) is 25.8 Å². The summed E-state index contributed by atoms with van der Waals surface area (Å²) in [4.78, 5) is 12.5. The average molecular weight is 638 g/mol. The molecule has 33 heavy (non-hydrogen) atoms. The monoisotopic (exact) mass is 636 g/mol. The van der Waals surface area contributed by atoms with Crippen LogP contribution in [0.4, 0.5) is 5.69 Å². The Kier molecular flexibility index (Phi) is 7.42. The third kappa shape index (κ3) is 5.79. The molecule has 3 aromatic rings. The van der Waals surface area contributed by atoms with Crippen LogP contribution in [-0.4, -0.2) is 12.7 Å². The Hall–Kier alpha value is -2.74. The fourth-order valence-corrected chi connectivity index (χ4v) is 4.93. The first-order valence-corrected chi connectivity index (χ1v) is 11.9.